The van der Waals surface area contributed by atoms with Crippen LogP contribution < -0.4 is 14.2 Å². The summed E-state index contributed by atoms with van der Waals surface area (Å²) >= 11 is 0. The van der Waals surface area contributed by atoms with Crippen LogP contribution in [0.3, 0.4) is 0 Å². The Morgan fingerprint density at radius 2 is 1.37 bits per heavy atom. The summed E-state index contributed by atoms with van der Waals surface area (Å²) in [5, 5.41) is 1.66. The van der Waals surface area contributed by atoms with Crippen molar-refractivity contribution in [3.05, 3.63) is 90.5 Å². The van der Waals surface area contributed by atoms with Crippen LogP contribution in [0.1, 0.15) is 36.0 Å². The van der Waals surface area contributed by atoms with Crippen LogP contribution >= 0.6 is 0 Å². The van der Waals surface area contributed by atoms with E-state index in [-0.39, 0.29) is 26.9 Å². The Labute approximate surface area is 240 Å². The first kappa shape index (κ1) is 28.4. The highest BCUT2D eigenvalue weighted by Crippen LogP contribution is 2.28. The number of likely N-dealkylation sites (tertiary alicyclic amines) is 1. The fraction of sp³-hybridized carbons (Fsp3) is 0.233. The van der Waals surface area contributed by atoms with Gasteiger partial charge in [0.05, 0.1) is 28.2 Å². The zero-order chi connectivity index (χ0) is 29.0. The molecule has 0 aliphatic carbocycles. The van der Waals surface area contributed by atoms with E-state index in [2.05, 4.69) is 9.44 Å². The number of rotatable bonds is 8. The maximum atomic E-state index is 13.3. The summed E-state index contributed by atoms with van der Waals surface area (Å²) in [6.07, 6.45) is 3.91. The second kappa shape index (κ2) is 11.8. The molecule has 0 spiro atoms. The molecule has 1 saturated heterocycles. The van der Waals surface area contributed by atoms with Crippen LogP contribution in [0.4, 0.5) is 11.4 Å². The first-order valence-electron chi connectivity index (χ1n) is 13.3. The van der Waals surface area contributed by atoms with Crippen molar-refractivity contribution in [1.29, 1.82) is 0 Å². The van der Waals surface area contributed by atoms with Gasteiger partial charge in [0.1, 0.15) is 5.75 Å². The van der Waals surface area contributed by atoms with Gasteiger partial charge in [-0.25, -0.2) is 16.8 Å². The molecule has 0 atom stereocenters. The van der Waals surface area contributed by atoms with Gasteiger partial charge in [-0.2, -0.15) is 0 Å². The lowest BCUT2D eigenvalue weighted by atomic mass is 10.1. The number of anilines is 2. The highest BCUT2D eigenvalue weighted by atomic mass is 32.2. The fourth-order valence-corrected chi connectivity index (χ4v) is 7.06. The Morgan fingerprint density at radius 1 is 0.732 bits per heavy atom. The van der Waals surface area contributed by atoms with Crippen LogP contribution in [0, 0.1) is 0 Å². The minimum Gasteiger partial charge on any atom is -0.496 e. The molecule has 0 saturated carbocycles. The molecule has 9 nitrogen and oxygen atoms in total. The topological polar surface area (TPSA) is 122 Å². The van der Waals surface area contributed by atoms with E-state index < -0.39 is 20.0 Å². The van der Waals surface area contributed by atoms with E-state index in [1.807, 2.05) is 30.3 Å². The Hall–Kier alpha value is -4.09. The third-order valence-electron chi connectivity index (χ3n) is 7.06. The zero-order valence-corrected chi connectivity index (χ0v) is 24.2. The summed E-state index contributed by atoms with van der Waals surface area (Å²) in [4.78, 5) is 14.9. The Balaban J connectivity index is 1.35. The van der Waals surface area contributed by atoms with E-state index >= 15 is 0 Å². The highest BCUT2D eigenvalue weighted by molar-refractivity contribution is 7.93. The van der Waals surface area contributed by atoms with E-state index in [1.54, 1.807) is 17.0 Å². The lowest BCUT2D eigenvalue weighted by molar-refractivity contribution is 0.0758. The number of ether oxygens (including phenoxy) is 1. The average molecular weight is 594 g/mol. The van der Waals surface area contributed by atoms with Crippen molar-refractivity contribution in [3.8, 4) is 5.75 Å². The van der Waals surface area contributed by atoms with Crippen LogP contribution in [0.2, 0.25) is 0 Å². The number of hydrogen-bond donors (Lipinski definition) is 2. The van der Waals surface area contributed by atoms with E-state index in [4.69, 9.17) is 4.74 Å². The van der Waals surface area contributed by atoms with Gasteiger partial charge < -0.3 is 9.64 Å². The molecule has 214 valence electrons. The predicted molar refractivity (Wildman–Crippen MR) is 159 cm³/mol. The normalized spacial score (nSPS) is 14.3. The van der Waals surface area contributed by atoms with Gasteiger partial charge in [0.2, 0.25) is 0 Å². The standard InChI is InChI=1S/C30H31N3O6S2/c1-39-29-18-17-25(21-27(29)30(34)33-19-6-2-3-7-20-33)41(37,38)31-23-13-15-24(16-14-23)40(35,36)32-28-12-8-10-22-9-4-5-11-26(22)28/h4-5,8-18,21,31-32H,2-3,6-7,19-20H2,1H3. The molecule has 5 rings (SSSR count). The number of carbonyl (C=O) groups excluding carboxylic acids is 1. The number of hydrogen-bond acceptors (Lipinski definition) is 6. The summed E-state index contributed by atoms with van der Waals surface area (Å²) in [6.45, 7) is 1.23. The molecule has 0 radical (unpaired) electrons. The number of amides is 1. The number of methoxy groups -OCH3 is 1. The molecule has 1 amide bonds. The van der Waals surface area contributed by atoms with E-state index in [9.17, 15) is 21.6 Å². The third kappa shape index (κ3) is 6.31. The van der Waals surface area contributed by atoms with Crippen LogP contribution in [0.25, 0.3) is 10.8 Å². The molecule has 4 aromatic rings. The maximum Gasteiger partial charge on any atom is 0.261 e. The minimum atomic E-state index is -4.09. The minimum absolute atomic E-state index is 0.0248. The molecule has 1 fully saturated rings. The second-order valence-electron chi connectivity index (χ2n) is 9.83. The molecule has 11 heteroatoms. The number of nitrogens with one attached hydrogen (secondary N) is 2. The van der Waals surface area contributed by atoms with Crippen LogP contribution in [-0.4, -0.2) is 47.8 Å². The predicted octanol–water partition coefficient (Wildman–Crippen LogP) is 5.47. The van der Waals surface area contributed by atoms with Crippen LogP contribution in [0.5, 0.6) is 5.75 Å². The molecule has 1 aliphatic heterocycles. The Morgan fingerprint density at radius 3 is 2.07 bits per heavy atom. The smallest absolute Gasteiger partial charge is 0.261 e. The summed E-state index contributed by atoms with van der Waals surface area (Å²) in [6, 6.07) is 22.3. The van der Waals surface area contributed by atoms with Gasteiger partial charge >= 0.3 is 0 Å². The average Bonchev–Trinajstić information content (AvgIpc) is 3.26. The lowest BCUT2D eigenvalue weighted by Crippen LogP contribution is -2.32. The van der Waals surface area contributed by atoms with Gasteiger partial charge in [0.25, 0.3) is 26.0 Å². The first-order valence-corrected chi connectivity index (χ1v) is 16.3. The monoisotopic (exact) mass is 593 g/mol. The van der Waals surface area contributed by atoms with Crippen molar-refractivity contribution in [2.24, 2.45) is 0 Å². The van der Waals surface area contributed by atoms with E-state index in [0.29, 0.717) is 24.5 Å². The van der Waals surface area contributed by atoms with Gasteiger partial charge in [-0.05, 0) is 66.8 Å². The van der Waals surface area contributed by atoms with Crippen molar-refractivity contribution in [1.82, 2.24) is 4.90 Å². The van der Waals surface area contributed by atoms with Crippen molar-refractivity contribution in [2.45, 2.75) is 35.5 Å². The Bertz CT molecular complexity index is 1780. The molecule has 41 heavy (non-hydrogen) atoms. The quantitative estimate of drug-likeness (QED) is 0.280. The first-order chi connectivity index (χ1) is 19.7. The van der Waals surface area contributed by atoms with Gasteiger partial charge in [0, 0.05) is 24.2 Å². The van der Waals surface area contributed by atoms with Gasteiger partial charge in [-0.1, -0.05) is 49.2 Å². The van der Waals surface area contributed by atoms with Crippen LogP contribution in [-0.2, 0) is 20.0 Å². The molecule has 0 bridgehead atoms. The maximum absolute atomic E-state index is 13.3. The molecular weight excluding hydrogens is 562 g/mol. The Kier molecular flexibility index (Phi) is 8.18. The SMILES string of the molecule is COc1ccc(S(=O)(=O)Nc2ccc(S(=O)(=O)Nc3cccc4ccccc34)cc2)cc1C(=O)N1CCCCCC1. The fourth-order valence-electron chi connectivity index (χ4n) is 4.90. The third-order valence-corrected chi connectivity index (χ3v) is 9.82. The van der Waals surface area contributed by atoms with Crippen molar-refractivity contribution < 1.29 is 26.4 Å². The number of benzene rings is 4. The van der Waals surface area contributed by atoms with Crippen LogP contribution in [0.15, 0.2) is 94.7 Å². The van der Waals surface area contributed by atoms with Crippen molar-refractivity contribution in [3.63, 3.8) is 0 Å². The van der Waals surface area contributed by atoms with Gasteiger partial charge in [-0.3, -0.25) is 14.2 Å². The van der Waals surface area contributed by atoms with Crippen molar-refractivity contribution >= 4 is 48.1 Å². The molecular formula is C30H31N3O6S2. The molecule has 0 unspecified atom stereocenters. The number of nitrogens with zero attached hydrogens (tertiary/aromatic N) is 1. The van der Waals surface area contributed by atoms with Crippen molar-refractivity contribution in [2.75, 3.05) is 29.6 Å². The zero-order valence-electron chi connectivity index (χ0n) is 22.5. The number of fused-ring (bicyclic) bond motifs is 1. The van der Waals surface area contributed by atoms with E-state index in [0.717, 1.165) is 36.5 Å². The largest absolute Gasteiger partial charge is 0.496 e. The molecule has 1 aliphatic rings. The number of sulfonamides is 2. The van der Waals surface area contributed by atoms with Gasteiger partial charge in [0.15, 0.2) is 0 Å². The summed E-state index contributed by atoms with van der Waals surface area (Å²) < 4.78 is 63.1. The van der Waals surface area contributed by atoms with E-state index in [1.165, 1.54) is 49.6 Å². The summed E-state index contributed by atoms with van der Waals surface area (Å²) in [7, 11) is -6.60. The molecule has 1 heterocycles. The molecule has 0 aromatic heterocycles. The lowest BCUT2D eigenvalue weighted by Gasteiger charge is -2.22. The summed E-state index contributed by atoms with van der Waals surface area (Å²) in [5.41, 5.74) is 0.793. The second-order valence-corrected chi connectivity index (χ2v) is 13.2. The highest BCUT2D eigenvalue weighted by Gasteiger charge is 2.24. The van der Waals surface area contributed by atoms with Gasteiger partial charge in [-0.15, -0.1) is 0 Å². The number of carbonyl (C=O) groups is 1. The molecule has 4 aromatic carbocycles. The summed E-state index contributed by atoms with van der Waals surface area (Å²) in [5.74, 6) is 0.0282. The molecule has 2 N–H and O–H groups in total.